The van der Waals surface area contributed by atoms with Crippen molar-refractivity contribution in [1.82, 2.24) is 25.5 Å². The van der Waals surface area contributed by atoms with E-state index in [2.05, 4.69) is 30.8 Å². The average Bonchev–Trinajstić information content (AvgIpc) is 3.14. The zero-order valence-corrected chi connectivity index (χ0v) is 14.3. The highest BCUT2D eigenvalue weighted by Gasteiger charge is 2.28. The Morgan fingerprint density at radius 2 is 2.29 bits per heavy atom. The lowest BCUT2D eigenvalue weighted by atomic mass is 10.0. The van der Waals surface area contributed by atoms with E-state index in [0.717, 1.165) is 30.0 Å². The van der Waals surface area contributed by atoms with E-state index in [0.29, 0.717) is 23.0 Å². The normalized spacial score (nSPS) is 14.2. The first-order valence-corrected chi connectivity index (χ1v) is 8.42. The molecule has 0 saturated heterocycles. The number of hydrogen-bond donors (Lipinski definition) is 2. The third-order valence-electron chi connectivity index (χ3n) is 3.69. The summed E-state index contributed by atoms with van der Waals surface area (Å²) < 4.78 is 5.17. The number of H-pyrrole nitrogens is 1. The second-order valence-corrected chi connectivity index (χ2v) is 6.57. The molecule has 0 atom stereocenters. The third kappa shape index (κ3) is 3.44. The quantitative estimate of drug-likeness (QED) is 0.759. The predicted molar refractivity (Wildman–Crippen MR) is 86.8 cm³/mol. The van der Waals surface area contributed by atoms with Gasteiger partial charge in [-0.2, -0.15) is 5.21 Å². The molecule has 0 radical (unpaired) electrons. The highest BCUT2D eigenvalue weighted by molar-refractivity contribution is 7.17. The van der Waals surface area contributed by atoms with Crippen molar-refractivity contribution < 1.29 is 14.3 Å². The lowest BCUT2D eigenvalue weighted by Gasteiger charge is -2.22. The molecule has 0 fully saturated rings. The summed E-state index contributed by atoms with van der Waals surface area (Å²) in [4.78, 5) is 27.8. The van der Waals surface area contributed by atoms with Crippen molar-refractivity contribution in [2.45, 2.75) is 26.3 Å². The molecule has 0 spiro atoms. The number of thiophene rings is 1. The third-order valence-corrected chi connectivity index (χ3v) is 4.82. The number of ether oxygens (including phenoxy) is 1. The van der Waals surface area contributed by atoms with Gasteiger partial charge in [0.2, 0.25) is 5.91 Å². The van der Waals surface area contributed by atoms with Gasteiger partial charge in [-0.25, -0.2) is 4.79 Å². The summed E-state index contributed by atoms with van der Waals surface area (Å²) in [6.07, 6.45) is 0.748. The topological polar surface area (TPSA) is 113 Å². The number of aromatic amines is 1. The summed E-state index contributed by atoms with van der Waals surface area (Å²) in [6, 6.07) is 0. The average molecular weight is 350 g/mol. The minimum atomic E-state index is -0.394. The van der Waals surface area contributed by atoms with Crippen molar-refractivity contribution >= 4 is 28.2 Å². The molecule has 0 aromatic carbocycles. The molecule has 3 rings (SSSR count). The number of carbonyl (C=O) groups excluding carboxylic acids is 2. The first-order valence-electron chi connectivity index (χ1n) is 7.60. The molecule has 0 aliphatic carbocycles. The first kappa shape index (κ1) is 16.5. The van der Waals surface area contributed by atoms with Crippen molar-refractivity contribution in [3.05, 3.63) is 21.8 Å². The summed E-state index contributed by atoms with van der Waals surface area (Å²) in [7, 11) is 2.03. The molecule has 10 heteroatoms. The molecule has 2 aromatic heterocycles. The number of amides is 1. The van der Waals surface area contributed by atoms with Gasteiger partial charge in [-0.3, -0.25) is 4.79 Å². The Morgan fingerprint density at radius 1 is 1.46 bits per heavy atom. The number of carbonyl (C=O) groups is 2. The number of fused-ring (bicyclic) bond motifs is 1. The van der Waals surface area contributed by atoms with Crippen LogP contribution in [0, 0.1) is 0 Å². The maximum atomic E-state index is 12.4. The SMILES string of the molecule is CCOC(=O)c1c(NC(=O)Cc2nn[nH]n2)sc2c1CCN(C)C2. The summed E-state index contributed by atoms with van der Waals surface area (Å²) in [5.74, 6) is -0.394. The second-order valence-electron chi connectivity index (χ2n) is 5.47. The highest BCUT2D eigenvalue weighted by Crippen LogP contribution is 2.37. The Balaban J connectivity index is 1.85. The second kappa shape index (κ2) is 7.05. The lowest BCUT2D eigenvalue weighted by molar-refractivity contribution is -0.115. The molecule has 1 aliphatic rings. The van der Waals surface area contributed by atoms with Crippen molar-refractivity contribution in [2.24, 2.45) is 0 Å². The van der Waals surface area contributed by atoms with E-state index < -0.39 is 5.97 Å². The zero-order valence-electron chi connectivity index (χ0n) is 13.5. The van der Waals surface area contributed by atoms with Gasteiger partial charge in [0.1, 0.15) is 5.00 Å². The minimum absolute atomic E-state index is 0.0127. The number of esters is 1. The van der Waals surface area contributed by atoms with Gasteiger partial charge in [-0.1, -0.05) is 5.21 Å². The zero-order chi connectivity index (χ0) is 17.1. The molecular formula is C14H18N6O3S. The summed E-state index contributed by atoms with van der Waals surface area (Å²) in [6.45, 7) is 3.68. The van der Waals surface area contributed by atoms with Crippen LogP contribution in [0.4, 0.5) is 5.00 Å². The largest absolute Gasteiger partial charge is 0.462 e. The number of rotatable bonds is 5. The molecular weight excluding hydrogens is 332 g/mol. The number of hydrogen-bond acceptors (Lipinski definition) is 8. The van der Waals surface area contributed by atoms with E-state index in [4.69, 9.17) is 4.74 Å². The first-order chi connectivity index (χ1) is 11.6. The van der Waals surface area contributed by atoms with Gasteiger partial charge in [-0.05, 0) is 26.0 Å². The molecule has 24 heavy (non-hydrogen) atoms. The van der Waals surface area contributed by atoms with Crippen LogP contribution >= 0.6 is 11.3 Å². The Hall–Kier alpha value is -2.33. The molecule has 0 unspecified atom stereocenters. The molecule has 0 saturated carbocycles. The number of aromatic nitrogens is 4. The fraction of sp³-hybridized carbons (Fsp3) is 0.500. The molecule has 0 bridgehead atoms. The summed E-state index contributed by atoms with van der Waals surface area (Å²) in [5.41, 5.74) is 1.46. The summed E-state index contributed by atoms with van der Waals surface area (Å²) in [5, 5.41) is 16.6. The van der Waals surface area contributed by atoms with Gasteiger partial charge in [0.05, 0.1) is 18.6 Å². The van der Waals surface area contributed by atoms with Crippen LogP contribution in [0.5, 0.6) is 0 Å². The van der Waals surface area contributed by atoms with E-state index >= 15 is 0 Å². The monoisotopic (exact) mass is 350 g/mol. The van der Waals surface area contributed by atoms with Crippen molar-refractivity contribution in [1.29, 1.82) is 0 Å². The van der Waals surface area contributed by atoms with Gasteiger partial charge in [-0.15, -0.1) is 21.5 Å². The van der Waals surface area contributed by atoms with E-state index in [1.165, 1.54) is 11.3 Å². The molecule has 9 nitrogen and oxygen atoms in total. The Bertz CT molecular complexity index is 742. The molecule has 3 heterocycles. The Kier molecular flexibility index (Phi) is 4.86. The van der Waals surface area contributed by atoms with Gasteiger partial charge >= 0.3 is 5.97 Å². The van der Waals surface area contributed by atoms with Crippen LogP contribution in [0.1, 0.15) is 33.5 Å². The van der Waals surface area contributed by atoms with Crippen molar-refractivity contribution in [3.63, 3.8) is 0 Å². The number of likely N-dealkylation sites (N-methyl/N-ethyl adjacent to an activating group) is 1. The molecule has 1 amide bonds. The fourth-order valence-corrected chi connectivity index (χ4v) is 3.94. The standard InChI is InChI=1S/C14H18N6O3S/c1-3-23-14(22)12-8-4-5-20(2)7-9(8)24-13(12)15-11(21)6-10-16-18-19-17-10/h3-7H2,1-2H3,(H,15,21)(H,16,17,18,19). The van der Waals surface area contributed by atoms with E-state index in [-0.39, 0.29) is 12.3 Å². The van der Waals surface area contributed by atoms with Crippen LogP contribution in [-0.4, -0.2) is 57.6 Å². The maximum Gasteiger partial charge on any atom is 0.341 e. The van der Waals surface area contributed by atoms with Gasteiger partial charge < -0.3 is 15.0 Å². The maximum absolute atomic E-state index is 12.4. The molecule has 2 N–H and O–H groups in total. The minimum Gasteiger partial charge on any atom is -0.462 e. The molecule has 1 aliphatic heterocycles. The number of tetrazole rings is 1. The summed E-state index contributed by atoms with van der Waals surface area (Å²) >= 11 is 1.42. The van der Waals surface area contributed by atoms with Crippen LogP contribution < -0.4 is 5.32 Å². The van der Waals surface area contributed by atoms with Crippen molar-refractivity contribution in [2.75, 3.05) is 25.5 Å². The molecule has 128 valence electrons. The van der Waals surface area contributed by atoms with Gasteiger partial charge in [0.15, 0.2) is 5.82 Å². The van der Waals surface area contributed by atoms with E-state index in [9.17, 15) is 9.59 Å². The Labute approximate surface area is 142 Å². The lowest BCUT2D eigenvalue weighted by Crippen LogP contribution is -2.26. The smallest absolute Gasteiger partial charge is 0.341 e. The van der Waals surface area contributed by atoms with E-state index in [1.807, 2.05) is 7.05 Å². The highest BCUT2D eigenvalue weighted by atomic mass is 32.1. The van der Waals surface area contributed by atoms with E-state index in [1.54, 1.807) is 6.92 Å². The van der Waals surface area contributed by atoms with Gasteiger partial charge in [0.25, 0.3) is 0 Å². The van der Waals surface area contributed by atoms with Crippen molar-refractivity contribution in [3.8, 4) is 0 Å². The number of anilines is 1. The van der Waals surface area contributed by atoms with Gasteiger partial charge in [0, 0.05) is 18.0 Å². The van der Waals surface area contributed by atoms with Crippen LogP contribution in [0.2, 0.25) is 0 Å². The number of nitrogens with zero attached hydrogens (tertiary/aromatic N) is 4. The van der Waals surface area contributed by atoms with Crippen LogP contribution in [-0.2, 0) is 28.9 Å². The van der Waals surface area contributed by atoms with Crippen LogP contribution in [0.25, 0.3) is 0 Å². The van der Waals surface area contributed by atoms with Crippen LogP contribution in [0.15, 0.2) is 0 Å². The molecule has 2 aromatic rings. The fourth-order valence-electron chi connectivity index (χ4n) is 2.61. The van der Waals surface area contributed by atoms with Crippen LogP contribution in [0.3, 0.4) is 0 Å². The Morgan fingerprint density at radius 3 is 3.00 bits per heavy atom. The number of nitrogens with one attached hydrogen (secondary N) is 2. The predicted octanol–water partition coefficient (Wildman–Crippen LogP) is 0.607.